The number of benzene rings is 1. The maximum atomic E-state index is 11.1. The van der Waals surface area contributed by atoms with Crippen molar-refractivity contribution in [2.45, 2.75) is 19.8 Å². The second-order valence-electron chi connectivity index (χ2n) is 4.17. The van der Waals surface area contributed by atoms with Gasteiger partial charge in [-0.25, -0.2) is 4.79 Å². The van der Waals surface area contributed by atoms with Crippen molar-refractivity contribution in [1.82, 2.24) is 5.32 Å². The van der Waals surface area contributed by atoms with Gasteiger partial charge in [-0.05, 0) is 31.9 Å². The Morgan fingerprint density at radius 1 is 1.33 bits per heavy atom. The number of methoxy groups -OCH3 is 1. The van der Waals surface area contributed by atoms with Crippen molar-refractivity contribution < 1.29 is 9.53 Å². The van der Waals surface area contributed by atoms with E-state index in [2.05, 4.69) is 34.3 Å². The summed E-state index contributed by atoms with van der Waals surface area (Å²) in [7, 11) is 1.40. The Labute approximate surface area is 109 Å². The second-order valence-corrected chi connectivity index (χ2v) is 4.17. The van der Waals surface area contributed by atoms with Crippen molar-refractivity contribution in [3.8, 4) is 0 Å². The molecule has 0 atom stereocenters. The summed E-state index contributed by atoms with van der Waals surface area (Å²) in [6, 6.07) is 10.4. The van der Waals surface area contributed by atoms with Crippen molar-refractivity contribution in [2.75, 3.05) is 20.2 Å². The molecule has 1 N–H and O–H groups in total. The molecule has 0 aliphatic carbocycles. The van der Waals surface area contributed by atoms with Crippen LogP contribution in [0.1, 0.15) is 18.9 Å². The lowest BCUT2D eigenvalue weighted by Crippen LogP contribution is -2.16. The van der Waals surface area contributed by atoms with Crippen LogP contribution in [0.4, 0.5) is 0 Å². The van der Waals surface area contributed by atoms with Gasteiger partial charge in [0.05, 0.1) is 7.11 Å². The maximum absolute atomic E-state index is 11.1. The van der Waals surface area contributed by atoms with E-state index in [0.29, 0.717) is 12.1 Å². The molecule has 0 saturated heterocycles. The zero-order valence-electron chi connectivity index (χ0n) is 11.1. The van der Waals surface area contributed by atoms with Crippen LogP contribution in [0.2, 0.25) is 0 Å². The number of aryl methyl sites for hydroxylation is 1. The van der Waals surface area contributed by atoms with Gasteiger partial charge in [0.2, 0.25) is 0 Å². The van der Waals surface area contributed by atoms with Crippen LogP contribution in [-0.4, -0.2) is 26.2 Å². The lowest BCUT2D eigenvalue weighted by molar-refractivity contribution is -0.136. The van der Waals surface area contributed by atoms with Crippen LogP contribution < -0.4 is 5.32 Å². The Kier molecular flexibility index (Phi) is 6.81. The summed E-state index contributed by atoms with van der Waals surface area (Å²) in [4.78, 5) is 11.1. The van der Waals surface area contributed by atoms with Crippen molar-refractivity contribution in [3.63, 3.8) is 0 Å². The van der Waals surface area contributed by atoms with Gasteiger partial charge in [0.1, 0.15) is 0 Å². The van der Waals surface area contributed by atoms with Crippen molar-refractivity contribution in [1.29, 1.82) is 0 Å². The molecular weight excluding hydrogens is 226 g/mol. The molecule has 1 rings (SSSR count). The van der Waals surface area contributed by atoms with Crippen LogP contribution >= 0.6 is 0 Å². The first kappa shape index (κ1) is 14.5. The summed E-state index contributed by atoms with van der Waals surface area (Å²) in [6.45, 7) is 3.41. The third-order valence-corrected chi connectivity index (χ3v) is 2.72. The van der Waals surface area contributed by atoms with E-state index in [4.69, 9.17) is 0 Å². The van der Waals surface area contributed by atoms with Crippen molar-refractivity contribution >= 4 is 5.97 Å². The Morgan fingerprint density at radius 3 is 2.72 bits per heavy atom. The van der Waals surface area contributed by atoms with Crippen molar-refractivity contribution in [3.05, 3.63) is 47.5 Å². The minimum atomic E-state index is -0.263. The molecule has 0 aromatic heterocycles. The predicted molar refractivity (Wildman–Crippen MR) is 73.4 cm³/mol. The van der Waals surface area contributed by atoms with Crippen LogP contribution in [0.3, 0.4) is 0 Å². The maximum Gasteiger partial charge on any atom is 0.333 e. The minimum Gasteiger partial charge on any atom is -0.466 e. The van der Waals surface area contributed by atoms with E-state index in [0.717, 1.165) is 19.4 Å². The zero-order chi connectivity index (χ0) is 13.2. The van der Waals surface area contributed by atoms with E-state index < -0.39 is 0 Å². The largest absolute Gasteiger partial charge is 0.466 e. The fraction of sp³-hybridized carbons (Fsp3) is 0.400. The monoisotopic (exact) mass is 247 g/mol. The van der Waals surface area contributed by atoms with Gasteiger partial charge in [0.25, 0.3) is 0 Å². The zero-order valence-corrected chi connectivity index (χ0v) is 11.1. The molecule has 18 heavy (non-hydrogen) atoms. The van der Waals surface area contributed by atoms with Crippen LogP contribution in [0, 0.1) is 0 Å². The van der Waals surface area contributed by atoms with Crippen LogP contribution in [0.25, 0.3) is 0 Å². The number of nitrogens with one attached hydrogen (secondary N) is 1. The highest BCUT2D eigenvalue weighted by Gasteiger charge is 2.00. The molecule has 0 heterocycles. The molecule has 0 saturated carbocycles. The van der Waals surface area contributed by atoms with Gasteiger partial charge in [-0.2, -0.15) is 0 Å². The van der Waals surface area contributed by atoms with Crippen LogP contribution in [0.15, 0.2) is 42.0 Å². The molecule has 0 unspecified atom stereocenters. The first-order chi connectivity index (χ1) is 8.74. The Morgan fingerprint density at radius 2 is 2.06 bits per heavy atom. The van der Waals surface area contributed by atoms with E-state index in [-0.39, 0.29) is 5.97 Å². The van der Waals surface area contributed by atoms with Gasteiger partial charge < -0.3 is 10.1 Å². The summed E-state index contributed by atoms with van der Waals surface area (Å²) in [6.07, 6.45) is 4.02. The van der Waals surface area contributed by atoms with Gasteiger partial charge in [-0.15, -0.1) is 0 Å². The summed E-state index contributed by atoms with van der Waals surface area (Å²) in [5.74, 6) is -0.263. The smallest absolute Gasteiger partial charge is 0.333 e. The van der Waals surface area contributed by atoms with E-state index >= 15 is 0 Å². The fourth-order valence-electron chi connectivity index (χ4n) is 1.63. The molecule has 0 radical (unpaired) electrons. The molecule has 3 heteroatoms. The minimum absolute atomic E-state index is 0.263. The molecule has 0 fully saturated rings. The van der Waals surface area contributed by atoms with Gasteiger partial charge >= 0.3 is 5.97 Å². The number of hydrogen-bond acceptors (Lipinski definition) is 3. The number of carbonyl (C=O) groups excluding carboxylic acids is 1. The number of esters is 1. The number of carbonyl (C=O) groups is 1. The summed E-state index contributed by atoms with van der Waals surface area (Å²) in [5, 5.41) is 3.28. The quantitative estimate of drug-likeness (QED) is 0.456. The van der Waals surface area contributed by atoms with E-state index in [1.54, 1.807) is 6.92 Å². The van der Waals surface area contributed by atoms with E-state index in [1.165, 1.54) is 12.7 Å². The topological polar surface area (TPSA) is 38.3 Å². The Hall–Kier alpha value is -1.61. The average molecular weight is 247 g/mol. The summed E-state index contributed by atoms with van der Waals surface area (Å²) >= 11 is 0. The van der Waals surface area contributed by atoms with E-state index in [1.807, 2.05) is 12.1 Å². The first-order valence-electron chi connectivity index (χ1n) is 6.23. The highest BCUT2D eigenvalue weighted by molar-refractivity contribution is 5.87. The number of ether oxygens (including phenoxy) is 1. The second kappa shape index (κ2) is 8.48. The third-order valence-electron chi connectivity index (χ3n) is 2.72. The summed E-state index contributed by atoms with van der Waals surface area (Å²) in [5.41, 5.74) is 2.01. The lowest BCUT2D eigenvalue weighted by Gasteiger charge is -2.03. The molecule has 0 aliphatic heterocycles. The van der Waals surface area contributed by atoms with Gasteiger partial charge in [0, 0.05) is 12.1 Å². The fourth-order valence-corrected chi connectivity index (χ4v) is 1.63. The molecular formula is C15H21NO2. The Bertz CT molecular complexity index is 385. The predicted octanol–water partition coefficient (Wildman–Crippen LogP) is 2.33. The highest BCUT2D eigenvalue weighted by Crippen LogP contribution is 2.01. The number of hydrogen-bond donors (Lipinski definition) is 1. The average Bonchev–Trinajstić information content (AvgIpc) is 2.42. The van der Waals surface area contributed by atoms with Gasteiger partial charge in [0.15, 0.2) is 0 Å². The molecule has 1 aromatic carbocycles. The van der Waals surface area contributed by atoms with E-state index in [9.17, 15) is 4.79 Å². The van der Waals surface area contributed by atoms with Gasteiger partial charge in [-0.3, -0.25) is 0 Å². The molecule has 0 aliphatic rings. The third kappa shape index (κ3) is 5.64. The first-order valence-corrected chi connectivity index (χ1v) is 6.23. The standard InChI is InChI=1S/C15H21NO2/c1-13(15(17)18-2)10-12-16-11-6-9-14-7-4-3-5-8-14/h3-5,7-8,10,16H,6,9,11-12H2,1-2H3/b13-10+. The van der Waals surface area contributed by atoms with Crippen molar-refractivity contribution in [2.24, 2.45) is 0 Å². The summed E-state index contributed by atoms with van der Waals surface area (Å²) < 4.78 is 4.61. The molecule has 3 nitrogen and oxygen atoms in total. The SMILES string of the molecule is COC(=O)/C(C)=C/CNCCCc1ccccc1. The highest BCUT2D eigenvalue weighted by atomic mass is 16.5. The van der Waals surface area contributed by atoms with Crippen LogP contribution in [-0.2, 0) is 16.0 Å². The van der Waals surface area contributed by atoms with Crippen LogP contribution in [0.5, 0.6) is 0 Å². The Balaban J connectivity index is 2.11. The number of rotatable bonds is 7. The van der Waals surface area contributed by atoms with Gasteiger partial charge in [-0.1, -0.05) is 36.4 Å². The normalized spacial score (nSPS) is 11.3. The lowest BCUT2D eigenvalue weighted by atomic mass is 10.1. The molecule has 98 valence electrons. The molecule has 1 aromatic rings. The molecule has 0 spiro atoms. The molecule has 0 amide bonds. The molecule has 0 bridgehead atoms.